The number of benzene rings is 2. The van der Waals surface area contributed by atoms with Gasteiger partial charge >= 0.3 is 0 Å². The van der Waals surface area contributed by atoms with Crippen molar-refractivity contribution >= 4 is 38.3 Å². The molecule has 0 aliphatic heterocycles. The van der Waals surface area contributed by atoms with Gasteiger partial charge in [0.05, 0.1) is 21.4 Å². The lowest BCUT2D eigenvalue weighted by Gasteiger charge is -2.08. The van der Waals surface area contributed by atoms with Crippen LogP contribution < -0.4 is 11.5 Å². The van der Waals surface area contributed by atoms with Gasteiger partial charge in [-0.05, 0) is 30.3 Å². The lowest BCUT2D eigenvalue weighted by molar-refractivity contribution is 0.1000. The molecule has 0 saturated carbocycles. The van der Waals surface area contributed by atoms with E-state index >= 15 is 0 Å². The third-order valence-electron chi connectivity index (χ3n) is 2.84. The average Bonchev–Trinajstić information content (AvgIpc) is 2.40. The predicted molar refractivity (Wildman–Crippen MR) is 83.6 cm³/mol. The average molecular weight is 371 g/mol. The maximum atomic E-state index is 13.9. The summed E-state index contributed by atoms with van der Waals surface area (Å²) < 4.78 is 26.9. The highest BCUT2D eigenvalue weighted by atomic mass is 79.9. The molecule has 4 nitrogen and oxygen atoms in total. The van der Waals surface area contributed by atoms with Crippen LogP contribution in [0.5, 0.6) is 0 Å². The number of nitrogen functional groups attached to an aromatic ring is 1. The highest BCUT2D eigenvalue weighted by Gasteiger charge is 2.13. The van der Waals surface area contributed by atoms with Gasteiger partial charge in [-0.25, -0.2) is 4.39 Å². The molecule has 1 amide bonds. The van der Waals surface area contributed by atoms with Gasteiger partial charge in [0.2, 0.25) is 5.91 Å². The second-order valence-electron chi connectivity index (χ2n) is 4.34. The summed E-state index contributed by atoms with van der Waals surface area (Å²) in [7, 11) is -1.48. The van der Waals surface area contributed by atoms with Gasteiger partial charge in [-0.1, -0.05) is 22.0 Å². The molecule has 21 heavy (non-hydrogen) atoms. The van der Waals surface area contributed by atoms with Gasteiger partial charge in [-0.15, -0.1) is 0 Å². The molecule has 1 atom stereocenters. The number of amides is 1. The van der Waals surface area contributed by atoms with Crippen LogP contribution in [-0.2, 0) is 16.6 Å². The minimum atomic E-state index is -1.48. The Morgan fingerprint density at radius 2 is 1.95 bits per heavy atom. The second-order valence-corrected chi connectivity index (χ2v) is 6.68. The summed E-state index contributed by atoms with van der Waals surface area (Å²) in [6, 6.07) is 8.84. The zero-order valence-electron chi connectivity index (χ0n) is 10.8. The molecule has 0 spiro atoms. The van der Waals surface area contributed by atoms with Gasteiger partial charge in [-0.3, -0.25) is 9.00 Å². The number of rotatable bonds is 4. The van der Waals surface area contributed by atoms with E-state index in [9.17, 15) is 13.4 Å². The van der Waals surface area contributed by atoms with Gasteiger partial charge in [-0.2, -0.15) is 0 Å². The third-order valence-corrected chi connectivity index (χ3v) is 4.77. The Kier molecular flexibility index (Phi) is 4.74. The minimum Gasteiger partial charge on any atom is -0.398 e. The van der Waals surface area contributed by atoms with Gasteiger partial charge in [0.15, 0.2) is 0 Å². The number of halogens is 2. The minimum absolute atomic E-state index is 0.0310. The molecule has 2 aromatic carbocycles. The van der Waals surface area contributed by atoms with Crippen molar-refractivity contribution in [3.8, 4) is 0 Å². The summed E-state index contributed by atoms with van der Waals surface area (Å²) in [6.45, 7) is 0. The van der Waals surface area contributed by atoms with E-state index in [0.29, 0.717) is 10.6 Å². The van der Waals surface area contributed by atoms with Crippen LogP contribution in [-0.4, -0.2) is 10.1 Å². The maximum absolute atomic E-state index is 13.9. The van der Waals surface area contributed by atoms with Crippen LogP contribution in [0.3, 0.4) is 0 Å². The fraction of sp³-hybridized carbons (Fsp3) is 0.0714. The molecule has 0 aliphatic rings. The van der Waals surface area contributed by atoms with Crippen molar-refractivity contribution in [2.24, 2.45) is 5.73 Å². The summed E-state index contributed by atoms with van der Waals surface area (Å²) in [5.74, 6) is -1.36. The molecule has 0 bridgehead atoms. The Hall–Kier alpha value is -1.73. The lowest BCUT2D eigenvalue weighted by atomic mass is 10.1. The van der Waals surface area contributed by atoms with E-state index in [1.165, 1.54) is 12.1 Å². The number of nitrogens with two attached hydrogens (primary N) is 2. The van der Waals surface area contributed by atoms with E-state index in [-0.39, 0.29) is 16.9 Å². The van der Waals surface area contributed by atoms with Crippen LogP contribution in [0.4, 0.5) is 10.1 Å². The first-order valence-corrected chi connectivity index (χ1v) is 8.01. The Morgan fingerprint density at radius 1 is 1.24 bits per heavy atom. The zero-order chi connectivity index (χ0) is 15.6. The largest absolute Gasteiger partial charge is 0.398 e. The van der Waals surface area contributed by atoms with Crippen molar-refractivity contribution in [2.45, 2.75) is 10.6 Å². The van der Waals surface area contributed by atoms with E-state index in [2.05, 4.69) is 15.9 Å². The summed E-state index contributed by atoms with van der Waals surface area (Å²) in [4.78, 5) is 11.4. The summed E-state index contributed by atoms with van der Waals surface area (Å²) in [5.41, 5.74) is 11.6. The summed E-state index contributed by atoms with van der Waals surface area (Å²) in [6.07, 6.45) is 0. The topological polar surface area (TPSA) is 86.2 Å². The molecule has 0 heterocycles. The highest BCUT2D eigenvalue weighted by Crippen LogP contribution is 2.24. The van der Waals surface area contributed by atoms with E-state index in [4.69, 9.17) is 11.5 Å². The van der Waals surface area contributed by atoms with Crippen molar-refractivity contribution in [3.63, 3.8) is 0 Å². The van der Waals surface area contributed by atoms with Crippen molar-refractivity contribution < 1.29 is 13.4 Å². The number of hydrogen-bond donors (Lipinski definition) is 2. The molecule has 0 saturated heterocycles. The van der Waals surface area contributed by atoms with Gasteiger partial charge in [0.1, 0.15) is 5.82 Å². The van der Waals surface area contributed by atoms with E-state index in [0.717, 1.165) is 10.5 Å². The molecule has 110 valence electrons. The normalized spacial score (nSPS) is 12.1. The molecule has 0 fully saturated rings. The Morgan fingerprint density at radius 3 is 2.52 bits per heavy atom. The second kappa shape index (κ2) is 6.36. The number of carbonyl (C=O) groups is 1. The van der Waals surface area contributed by atoms with Crippen LogP contribution >= 0.6 is 15.9 Å². The fourth-order valence-electron chi connectivity index (χ4n) is 1.76. The number of hydrogen-bond acceptors (Lipinski definition) is 3. The maximum Gasteiger partial charge on any atom is 0.248 e. The van der Waals surface area contributed by atoms with E-state index < -0.39 is 22.5 Å². The Balaban J connectivity index is 2.25. The lowest BCUT2D eigenvalue weighted by Crippen LogP contribution is -2.12. The van der Waals surface area contributed by atoms with Gasteiger partial charge in [0, 0.05) is 21.3 Å². The monoisotopic (exact) mass is 370 g/mol. The first-order chi connectivity index (χ1) is 9.88. The SMILES string of the molecule is NC(=O)c1ccc(CS(=O)c2ccc(Br)cc2N)c(F)c1. The molecule has 4 N–H and O–H groups in total. The quantitative estimate of drug-likeness (QED) is 0.810. The van der Waals surface area contributed by atoms with Crippen LogP contribution in [0, 0.1) is 5.82 Å². The Labute approximate surface area is 131 Å². The van der Waals surface area contributed by atoms with Crippen LogP contribution in [0.2, 0.25) is 0 Å². The third kappa shape index (κ3) is 3.68. The van der Waals surface area contributed by atoms with E-state index in [1.807, 2.05) is 0 Å². The molecule has 0 radical (unpaired) electrons. The first kappa shape index (κ1) is 15.7. The number of anilines is 1. The van der Waals surface area contributed by atoms with Crippen molar-refractivity contribution in [1.82, 2.24) is 0 Å². The standard InChI is InChI=1S/C14H12BrFN2O2S/c15-10-3-4-13(12(17)6-10)21(20)7-9-2-1-8(14(18)19)5-11(9)16/h1-6H,7,17H2,(H2,18,19). The van der Waals surface area contributed by atoms with E-state index in [1.54, 1.807) is 18.2 Å². The van der Waals surface area contributed by atoms with Gasteiger partial charge < -0.3 is 11.5 Å². The molecule has 0 aromatic heterocycles. The van der Waals surface area contributed by atoms with Crippen LogP contribution in [0.1, 0.15) is 15.9 Å². The van der Waals surface area contributed by atoms with Crippen LogP contribution in [0.15, 0.2) is 45.8 Å². The molecule has 2 aromatic rings. The summed E-state index contributed by atoms with van der Waals surface area (Å²) >= 11 is 3.26. The highest BCUT2D eigenvalue weighted by molar-refractivity contribution is 9.10. The van der Waals surface area contributed by atoms with Crippen molar-refractivity contribution in [2.75, 3.05) is 5.73 Å². The molecular weight excluding hydrogens is 359 g/mol. The van der Waals surface area contributed by atoms with Crippen molar-refractivity contribution in [1.29, 1.82) is 0 Å². The molecule has 7 heteroatoms. The predicted octanol–water partition coefficient (Wildman–Crippen LogP) is 2.58. The first-order valence-electron chi connectivity index (χ1n) is 5.90. The fourth-order valence-corrected chi connectivity index (χ4v) is 3.36. The number of carbonyl (C=O) groups excluding carboxylic acids is 1. The Bertz CT molecular complexity index is 737. The zero-order valence-corrected chi connectivity index (χ0v) is 13.2. The molecule has 0 aliphatic carbocycles. The van der Waals surface area contributed by atoms with Crippen molar-refractivity contribution in [3.05, 3.63) is 57.8 Å². The number of primary amides is 1. The summed E-state index contributed by atoms with van der Waals surface area (Å²) in [5, 5.41) is 0. The molecular formula is C14H12BrFN2O2S. The van der Waals surface area contributed by atoms with Crippen LogP contribution in [0.25, 0.3) is 0 Å². The van der Waals surface area contributed by atoms with Gasteiger partial charge in [0.25, 0.3) is 0 Å². The smallest absolute Gasteiger partial charge is 0.248 e. The molecule has 2 rings (SSSR count). The molecule has 1 unspecified atom stereocenters.